The molecule has 0 rings (SSSR count). The Hall–Kier alpha value is -0.0431. The second-order valence-electron chi connectivity index (χ2n) is 4.37. The molecule has 0 nitrogen and oxygen atoms in total. The maximum atomic E-state index is 3.97. The van der Waals surface area contributed by atoms with E-state index in [0.29, 0.717) is 0 Å². The molecule has 0 aromatic carbocycles. The van der Waals surface area contributed by atoms with Crippen LogP contribution in [0.2, 0.25) is 24.2 Å². The Bertz CT molecular complexity index is 137. The van der Waals surface area contributed by atoms with E-state index in [2.05, 4.69) is 34.3 Å². The Morgan fingerprint density at radius 3 is 1.85 bits per heavy atom. The predicted octanol–water partition coefficient (Wildman–Crippen LogP) is 4.85. The van der Waals surface area contributed by atoms with Crippen LogP contribution >= 0.6 is 0 Å². The van der Waals surface area contributed by atoms with Crippen LogP contribution in [0.4, 0.5) is 0 Å². The molecule has 0 heterocycles. The van der Waals surface area contributed by atoms with Crippen LogP contribution in [-0.2, 0) is 0 Å². The highest BCUT2D eigenvalue weighted by Crippen LogP contribution is 2.27. The SMILES string of the molecule is C=C(C)CCC[Si](CC)(CC)CC. The van der Waals surface area contributed by atoms with Gasteiger partial charge in [-0.05, 0) is 13.3 Å². The van der Waals surface area contributed by atoms with Gasteiger partial charge >= 0.3 is 0 Å². The molecule has 78 valence electrons. The standard InChI is InChI=1S/C12H26Si/c1-6-13(7-2,8-3)11-9-10-12(4)5/h4,6-11H2,1-3,5H3. The average Bonchev–Trinajstić information content (AvgIpc) is 2.13. The monoisotopic (exact) mass is 198 g/mol. The molecule has 0 bridgehead atoms. The van der Waals surface area contributed by atoms with Gasteiger partial charge in [-0.2, -0.15) is 0 Å². The third-order valence-corrected chi connectivity index (χ3v) is 9.47. The van der Waals surface area contributed by atoms with Gasteiger partial charge in [0, 0.05) is 0 Å². The van der Waals surface area contributed by atoms with Crippen molar-refractivity contribution in [2.24, 2.45) is 0 Å². The summed E-state index contributed by atoms with van der Waals surface area (Å²) in [5.41, 5.74) is 1.35. The van der Waals surface area contributed by atoms with E-state index in [-0.39, 0.29) is 0 Å². The molecular formula is C12H26Si. The summed E-state index contributed by atoms with van der Waals surface area (Å²) in [6, 6.07) is 5.92. The fourth-order valence-corrected chi connectivity index (χ4v) is 5.53. The van der Waals surface area contributed by atoms with E-state index in [9.17, 15) is 0 Å². The first-order chi connectivity index (χ1) is 6.10. The summed E-state index contributed by atoms with van der Waals surface area (Å²) in [7, 11) is -0.825. The van der Waals surface area contributed by atoms with Gasteiger partial charge in [-0.25, -0.2) is 0 Å². The van der Waals surface area contributed by atoms with Gasteiger partial charge in [-0.15, -0.1) is 6.58 Å². The summed E-state index contributed by atoms with van der Waals surface area (Å²) in [6.45, 7) is 13.3. The van der Waals surface area contributed by atoms with E-state index < -0.39 is 8.07 Å². The van der Waals surface area contributed by atoms with Gasteiger partial charge in [0.2, 0.25) is 0 Å². The first-order valence-corrected chi connectivity index (χ1v) is 8.57. The van der Waals surface area contributed by atoms with Crippen molar-refractivity contribution >= 4 is 8.07 Å². The van der Waals surface area contributed by atoms with Crippen LogP contribution in [0.1, 0.15) is 40.5 Å². The fourth-order valence-electron chi connectivity index (χ4n) is 2.05. The molecular weight excluding hydrogens is 172 g/mol. The minimum absolute atomic E-state index is 0.825. The normalized spacial score (nSPS) is 11.7. The molecule has 13 heavy (non-hydrogen) atoms. The van der Waals surface area contributed by atoms with Crippen LogP contribution in [0.5, 0.6) is 0 Å². The molecule has 1 heteroatoms. The number of allylic oxidation sites excluding steroid dienone is 1. The minimum atomic E-state index is -0.825. The van der Waals surface area contributed by atoms with Gasteiger partial charge < -0.3 is 0 Å². The summed E-state index contributed by atoms with van der Waals surface area (Å²) in [6.07, 6.45) is 2.63. The maximum Gasteiger partial charge on any atom is 0.0527 e. The Kier molecular flexibility index (Phi) is 6.40. The second-order valence-corrected chi connectivity index (χ2v) is 9.99. The van der Waals surface area contributed by atoms with Crippen molar-refractivity contribution in [2.75, 3.05) is 0 Å². The van der Waals surface area contributed by atoms with Gasteiger partial charge in [0.1, 0.15) is 0 Å². The molecule has 0 amide bonds. The lowest BCUT2D eigenvalue weighted by Crippen LogP contribution is -2.30. The quantitative estimate of drug-likeness (QED) is 0.405. The molecule has 0 fully saturated rings. The molecule has 0 aliphatic heterocycles. The van der Waals surface area contributed by atoms with E-state index in [1.807, 2.05) is 0 Å². The smallest absolute Gasteiger partial charge is 0.0527 e. The van der Waals surface area contributed by atoms with E-state index in [1.165, 1.54) is 42.6 Å². The van der Waals surface area contributed by atoms with E-state index in [0.717, 1.165) is 0 Å². The van der Waals surface area contributed by atoms with E-state index in [4.69, 9.17) is 0 Å². The molecule has 0 aromatic rings. The molecule has 0 radical (unpaired) electrons. The zero-order valence-electron chi connectivity index (χ0n) is 9.95. The Morgan fingerprint density at radius 1 is 1.08 bits per heavy atom. The van der Waals surface area contributed by atoms with Gasteiger partial charge in [-0.3, -0.25) is 0 Å². The second kappa shape index (κ2) is 6.42. The first kappa shape index (κ1) is 13.0. The number of rotatable bonds is 7. The van der Waals surface area contributed by atoms with Crippen molar-refractivity contribution in [2.45, 2.75) is 64.7 Å². The molecule has 0 aliphatic rings. The molecule has 0 saturated heterocycles. The van der Waals surface area contributed by atoms with Crippen LogP contribution in [0.3, 0.4) is 0 Å². The molecule has 0 atom stereocenters. The zero-order valence-corrected chi connectivity index (χ0v) is 10.9. The first-order valence-electron chi connectivity index (χ1n) is 5.74. The predicted molar refractivity (Wildman–Crippen MR) is 66.1 cm³/mol. The third kappa shape index (κ3) is 4.66. The van der Waals surface area contributed by atoms with Crippen molar-refractivity contribution in [3.05, 3.63) is 12.2 Å². The Balaban J connectivity index is 3.88. The lowest BCUT2D eigenvalue weighted by atomic mass is 10.2. The molecule has 0 spiro atoms. The van der Waals surface area contributed by atoms with Crippen molar-refractivity contribution < 1.29 is 0 Å². The summed E-state index contributed by atoms with van der Waals surface area (Å²) in [5.74, 6) is 0. The topological polar surface area (TPSA) is 0 Å². The lowest BCUT2D eigenvalue weighted by Gasteiger charge is -2.28. The summed E-state index contributed by atoms with van der Waals surface area (Å²) in [4.78, 5) is 0. The van der Waals surface area contributed by atoms with Gasteiger partial charge in [-0.1, -0.05) is 56.9 Å². The molecule has 0 saturated carbocycles. The van der Waals surface area contributed by atoms with Crippen LogP contribution in [-0.4, -0.2) is 8.07 Å². The Morgan fingerprint density at radius 2 is 1.54 bits per heavy atom. The molecule has 0 aromatic heterocycles. The highest BCUT2D eigenvalue weighted by atomic mass is 28.3. The van der Waals surface area contributed by atoms with Crippen molar-refractivity contribution in [1.29, 1.82) is 0 Å². The highest BCUT2D eigenvalue weighted by Gasteiger charge is 2.25. The summed E-state index contributed by atoms with van der Waals surface area (Å²) < 4.78 is 0. The molecule has 0 aliphatic carbocycles. The Labute approximate surface area is 85.4 Å². The van der Waals surface area contributed by atoms with Gasteiger partial charge in [0.05, 0.1) is 8.07 Å². The van der Waals surface area contributed by atoms with Crippen molar-refractivity contribution in [3.63, 3.8) is 0 Å². The molecule has 0 unspecified atom stereocenters. The highest BCUT2D eigenvalue weighted by molar-refractivity contribution is 6.79. The number of hydrogen-bond acceptors (Lipinski definition) is 0. The lowest BCUT2D eigenvalue weighted by molar-refractivity contribution is 0.873. The maximum absolute atomic E-state index is 3.97. The fraction of sp³-hybridized carbons (Fsp3) is 0.833. The van der Waals surface area contributed by atoms with E-state index >= 15 is 0 Å². The largest absolute Gasteiger partial charge is 0.100 e. The van der Waals surface area contributed by atoms with Crippen LogP contribution in [0.25, 0.3) is 0 Å². The third-order valence-electron chi connectivity index (χ3n) is 3.56. The van der Waals surface area contributed by atoms with Crippen LogP contribution < -0.4 is 0 Å². The van der Waals surface area contributed by atoms with Crippen molar-refractivity contribution in [1.82, 2.24) is 0 Å². The van der Waals surface area contributed by atoms with Crippen molar-refractivity contribution in [3.8, 4) is 0 Å². The average molecular weight is 198 g/mol. The van der Waals surface area contributed by atoms with Crippen LogP contribution in [0.15, 0.2) is 12.2 Å². The van der Waals surface area contributed by atoms with E-state index in [1.54, 1.807) is 0 Å². The summed E-state index contributed by atoms with van der Waals surface area (Å²) in [5, 5.41) is 0. The summed E-state index contributed by atoms with van der Waals surface area (Å²) >= 11 is 0. The van der Waals surface area contributed by atoms with Gasteiger partial charge in [0.15, 0.2) is 0 Å². The molecule has 0 N–H and O–H groups in total. The van der Waals surface area contributed by atoms with Gasteiger partial charge in [0.25, 0.3) is 0 Å². The minimum Gasteiger partial charge on any atom is -0.100 e. The number of hydrogen-bond donors (Lipinski definition) is 0. The zero-order chi connectivity index (χ0) is 10.3. The van der Waals surface area contributed by atoms with Crippen LogP contribution in [0, 0.1) is 0 Å².